The molecule has 78 valence electrons. The highest BCUT2D eigenvalue weighted by atomic mass is 79.9. The lowest BCUT2D eigenvalue weighted by Gasteiger charge is -2.03. The lowest BCUT2D eigenvalue weighted by atomic mass is 10.1. The Morgan fingerprint density at radius 2 is 1.87 bits per heavy atom. The summed E-state index contributed by atoms with van der Waals surface area (Å²) < 4.78 is 1.11. The second-order valence-corrected chi connectivity index (χ2v) is 6.18. The van der Waals surface area contributed by atoms with E-state index in [4.69, 9.17) is 0 Å². The first-order chi connectivity index (χ1) is 7.08. The topological polar surface area (TPSA) is 12.9 Å². The third-order valence-corrected chi connectivity index (χ3v) is 4.09. The SMILES string of the molecule is Cc1nc(-c2ccc(C)c(C)c2)c(Br)s1. The molecule has 0 radical (unpaired) electrons. The van der Waals surface area contributed by atoms with E-state index in [1.807, 2.05) is 6.92 Å². The zero-order chi connectivity index (χ0) is 11.0. The van der Waals surface area contributed by atoms with Crippen molar-refractivity contribution in [1.29, 1.82) is 0 Å². The van der Waals surface area contributed by atoms with E-state index in [2.05, 4.69) is 53.0 Å². The van der Waals surface area contributed by atoms with Crippen LogP contribution in [0.5, 0.6) is 0 Å². The molecule has 1 heterocycles. The Kier molecular flexibility index (Phi) is 2.94. The molecule has 0 amide bonds. The van der Waals surface area contributed by atoms with Gasteiger partial charge in [-0.25, -0.2) is 4.98 Å². The molecule has 0 aliphatic heterocycles. The lowest BCUT2D eigenvalue weighted by Crippen LogP contribution is -1.84. The molecule has 0 spiro atoms. The minimum Gasteiger partial charge on any atom is -0.240 e. The number of aromatic nitrogens is 1. The van der Waals surface area contributed by atoms with Gasteiger partial charge in [0.2, 0.25) is 0 Å². The van der Waals surface area contributed by atoms with Crippen LogP contribution in [-0.2, 0) is 0 Å². The number of rotatable bonds is 1. The summed E-state index contributed by atoms with van der Waals surface area (Å²) in [5.74, 6) is 0. The summed E-state index contributed by atoms with van der Waals surface area (Å²) in [5, 5.41) is 1.09. The van der Waals surface area contributed by atoms with Crippen LogP contribution >= 0.6 is 27.3 Å². The van der Waals surface area contributed by atoms with Gasteiger partial charge < -0.3 is 0 Å². The van der Waals surface area contributed by atoms with Crippen molar-refractivity contribution < 1.29 is 0 Å². The first kappa shape index (κ1) is 10.8. The van der Waals surface area contributed by atoms with Crippen molar-refractivity contribution in [2.24, 2.45) is 0 Å². The molecule has 0 unspecified atom stereocenters. The van der Waals surface area contributed by atoms with Crippen LogP contribution in [-0.4, -0.2) is 4.98 Å². The molecule has 0 aliphatic rings. The fraction of sp³-hybridized carbons (Fsp3) is 0.250. The second kappa shape index (κ2) is 4.06. The van der Waals surface area contributed by atoms with Gasteiger partial charge in [-0.1, -0.05) is 12.1 Å². The van der Waals surface area contributed by atoms with Gasteiger partial charge in [-0.2, -0.15) is 0 Å². The minimum absolute atomic E-state index is 1.06. The maximum Gasteiger partial charge on any atom is 0.0979 e. The molecule has 3 heteroatoms. The zero-order valence-electron chi connectivity index (χ0n) is 8.97. The highest BCUT2D eigenvalue weighted by Gasteiger charge is 2.09. The summed E-state index contributed by atoms with van der Waals surface area (Å²) in [6.07, 6.45) is 0. The normalized spacial score (nSPS) is 10.7. The summed E-state index contributed by atoms with van der Waals surface area (Å²) in [6.45, 7) is 6.28. The monoisotopic (exact) mass is 281 g/mol. The fourth-order valence-corrected chi connectivity index (χ4v) is 3.15. The van der Waals surface area contributed by atoms with Crippen molar-refractivity contribution in [2.75, 3.05) is 0 Å². The van der Waals surface area contributed by atoms with Crippen molar-refractivity contribution in [3.8, 4) is 11.3 Å². The Morgan fingerprint density at radius 1 is 1.13 bits per heavy atom. The van der Waals surface area contributed by atoms with E-state index in [9.17, 15) is 0 Å². The maximum atomic E-state index is 4.52. The molecule has 0 atom stereocenters. The maximum absolute atomic E-state index is 4.52. The highest BCUT2D eigenvalue weighted by molar-refractivity contribution is 9.11. The minimum atomic E-state index is 1.06. The van der Waals surface area contributed by atoms with Crippen molar-refractivity contribution in [3.05, 3.63) is 38.1 Å². The van der Waals surface area contributed by atoms with Crippen molar-refractivity contribution >= 4 is 27.3 Å². The first-order valence-electron chi connectivity index (χ1n) is 4.78. The molecule has 1 aromatic heterocycles. The summed E-state index contributed by atoms with van der Waals surface area (Å²) in [7, 11) is 0. The van der Waals surface area contributed by atoms with Gasteiger partial charge in [-0.15, -0.1) is 11.3 Å². The Bertz CT molecular complexity index is 502. The number of thiazole rings is 1. The summed E-state index contributed by atoms with van der Waals surface area (Å²) in [5.41, 5.74) is 4.88. The Labute approximate surface area is 102 Å². The number of hydrogen-bond acceptors (Lipinski definition) is 2. The third kappa shape index (κ3) is 2.13. The van der Waals surface area contributed by atoms with Gasteiger partial charge in [-0.3, -0.25) is 0 Å². The molecule has 2 aromatic rings. The van der Waals surface area contributed by atoms with Crippen molar-refractivity contribution in [1.82, 2.24) is 4.98 Å². The first-order valence-corrected chi connectivity index (χ1v) is 6.39. The van der Waals surface area contributed by atoms with Gasteiger partial charge in [0.1, 0.15) is 0 Å². The van der Waals surface area contributed by atoms with Crippen LogP contribution in [0.2, 0.25) is 0 Å². The van der Waals surface area contributed by atoms with E-state index in [-0.39, 0.29) is 0 Å². The van der Waals surface area contributed by atoms with E-state index >= 15 is 0 Å². The standard InChI is InChI=1S/C12H12BrNS/c1-7-4-5-10(6-8(7)2)11-12(13)15-9(3)14-11/h4-6H,1-3H3. The van der Waals surface area contributed by atoms with Crippen molar-refractivity contribution in [3.63, 3.8) is 0 Å². The molecule has 2 rings (SSSR count). The van der Waals surface area contributed by atoms with Crippen LogP contribution in [0.15, 0.2) is 22.0 Å². The molecule has 0 saturated carbocycles. The van der Waals surface area contributed by atoms with Crippen molar-refractivity contribution in [2.45, 2.75) is 20.8 Å². The highest BCUT2D eigenvalue weighted by Crippen LogP contribution is 2.33. The van der Waals surface area contributed by atoms with Gasteiger partial charge in [0.05, 0.1) is 14.5 Å². The number of hydrogen-bond donors (Lipinski definition) is 0. The number of halogens is 1. The number of benzene rings is 1. The lowest BCUT2D eigenvalue weighted by molar-refractivity contribution is 1.28. The van der Waals surface area contributed by atoms with Gasteiger partial charge in [0.15, 0.2) is 0 Å². The molecule has 0 saturated heterocycles. The predicted molar refractivity (Wildman–Crippen MR) is 69.5 cm³/mol. The average Bonchev–Trinajstić information content (AvgIpc) is 2.50. The predicted octanol–water partition coefficient (Wildman–Crippen LogP) is 4.50. The van der Waals surface area contributed by atoms with Gasteiger partial charge in [0.25, 0.3) is 0 Å². The van der Waals surface area contributed by atoms with E-state index < -0.39 is 0 Å². The summed E-state index contributed by atoms with van der Waals surface area (Å²) in [4.78, 5) is 4.52. The quantitative estimate of drug-likeness (QED) is 0.750. The van der Waals surface area contributed by atoms with Crippen LogP contribution in [0, 0.1) is 20.8 Å². The number of nitrogens with zero attached hydrogens (tertiary/aromatic N) is 1. The molecular formula is C12H12BrNS. The fourth-order valence-electron chi connectivity index (χ4n) is 1.47. The van der Waals surface area contributed by atoms with Crippen LogP contribution in [0.4, 0.5) is 0 Å². The average molecular weight is 282 g/mol. The molecule has 1 aromatic carbocycles. The summed E-state index contributed by atoms with van der Waals surface area (Å²) in [6, 6.07) is 6.46. The van der Waals surface area contributed by atoms with E-state index in [0.29, 0.717) is 0 Å². The molecule has 0 fully saturated rings. The number of aryl methyl sites for hydroxylation is 3. The largest absolute Gasteiger partial charge is 0.240 e. The third-order valence-electron chi connectivity index (χ3n) is 2.47. The van der Waals surface area contributed by atoms with E-state index in [1.54, 1.807) is 11.3 Å². The van der Waals surface area contributed by atoms with Gasteiger partial charge >= 0.3 is 0 Å². The Hall–Kier alpha value is -0.670. The molecule has 1 nitrogen and oxygen atoms in total. The summed E-state index contributed by atoms with van der Waals surface area (Å²) >= 11 is 5.23. The zero-order valence-corrected chi connectivity index (χ0v) is 11.4. The van der Waals surface area contributed by atoms with E-state index in [1.165, 1.54) is 16.7 Å². The molecular weight excluding hydrogens is 270 g/mol. The van der Waals surface area contributed by atoms with Crippen LogP contribution in [0.3, 0.4) is 0 Å². The Balaban J connectivity index is 2.54. The van der Waals surface area contributed by atoms with Crippen LogP contribution in [0.25, 0.3) is 11.3 Å². The van der Waals surface area contributed by atoms with Gasteiger partial charge in [0, 0.05) is 5.56 Å². The van der Waals surface area contributed by atoms with Crippen LogP contribution in [0.1, 0.15) is 16.1 Å². The smallest absolute Gasteiger partial charge is 0.0979 e. The molecule has 0 bridgehead atoms. The molecule has 0 N–H and O–H groups in total. The molecule has 15 heavy (non-hydrogen) atoms. The Morgan fingerprint density at radius 3 is 2.40 bits per heavy atom. The molecule has 0 aliphatic carbocycles. The second-order valence-electron chi connectivity index (χ2n) is 3.65. The van der Waals surface area contributed by atoms with Gasteiger partial charge in [-0.05, 0) is 53.9 Å². The van der Waals surface area contributed by atoms with E-state index in [0.717, 1.165) is 14.5 Å². The van der Waals surface area contributed by atoms with Crippen LogP contribution < -0.4 is 0 Å².